The maximum absolute atomic E-state index is 13.2. The molecule has 0 fully saturated rings. The maximum Gasteiger partial charge on any atom is 0.136 e. The van der Waals surface area contributed by atoms with Gasteiger partial charge in [-0.3, -0.25) is 0 Å². The van der Waals surface area contributed by atoms with Crippen molar-refractivity contribution in [1.82, 2.24) is 0 Å². The first-order valence-corrected chi connectivity index (χ1v) is 6.32. The van der Waals surface area contributed by atoms with Crippen molar-refractivity contribution in [2.24, 2.45) is 5.41 Å². The molecule has 1 aromatic rings. The van der Waals surface area contributed by atoms with Gasteiger partial charge in [0.15, 0.2) is 0 Å². The summed E-state index contributed by atoms with van der Waals surface area (Å²) in [5.74, 6) is 0.693. The first-order valence-electron chi connectivity index (χ1n) is 5.34. The molecule has 0 heterocycles. The SMILES string of the molecule is CC(C)(C#N)CCCSc1ccccc1F. The molecule has 1 rings (SSSR count). The molecule has 0 radical (unpaired) electrons. The van der Waals surface area contributed by atoms with Gasteiger partial charge in [0.1, 0.15) is 5.82 Å². The molecule has 0 aromatic heterocycles. The third-order valence-corrected chi connectivity index (χ3v) is 3.48. The molecule has 3 heteroatoms. The molecule has 0 atom stereocenters. The van der Waals surface area contributed by atoms with Crippen LogP contribution in [0, 0.1) is 22.6 Å². The van der Waals surface area contributed by atoms with Gasteiger partial charge in [0.05, 0.1) is 11.5 Å². The van der Waals surface area contributed by atoms with Crippen molar-refractivity contribution in [1.29, 1.82) is 5.26 Å². The average Bonchev–Trinajstić information content (AvgIpc) is 2.27. The van der Waals surface area contributed by atoms with Crippen LogP contribution in [0.5, 0.6) is 0 Å². The van der Waals surface area contributed by atoms with E-state index in [2.05, 4.69) is 6.07 Å². The van der Waals surface area contributed by atoms with Gasteiger partial charge in [0.25, 0.3) is 0 Å². The Bertz CT molecular complexity index is 382. The van der Waals surface area contributed by atoms with Crippen molar-refractivity contribution in [2.45, 2.75) is 31.6 Å². The smallest absolute Gasteiger partial charge is 0.136 e. The molecule has 0 spiro atoms. The Morgan fingerprint density at radius 1 is 1.38 bits per heavy atom. The van der Waals surface area contributed by atoms with Crippen molar-refractivity contribution in [2.75, 3.05) is 5.75 Å². The Labute approximate surface area is 101 Å². The minimum atomic E-state index is -0.268. The normalized spacial score (nSPS) is 11.1. The highest BCUT2D eigenvalue weighted by Gasteiger charge is 2.15. The predicted molar refractivity (Wildman–Crippen MR) is 65.8 cm³/mol. The van der Waals surface area contributed by atoms with E-state index in [-0.39, 0.29) is 11.2 Å². The lowest BCUT2D eigenvalue weighted by Gasteiger charge is -2.14. The first-order chi connectivity index (χ1) is 7.55. The number of rotatable bonds is 5. The van der Waals surface area contributed by atoms with Crippen LogP contribution >= 0.6 is 11.8 Å². The van der Waals surface area contributed by atoms with E-state index >= 15 is 0 Å². The van der Waals surface area contributed by atoms with E-state index in [0.717, 1.165) is 18.6 Å². The highest BCUT2D eigenvalue weighted by molar-refractivity contribution is 7.99. The van der Waals surface area contributed by atoms with Crippen molar-refractivity contribution in [3.63, 3.8) is 0 Å². The van der Waals surface area contributed by atoms with Gasteiger partial charge in [-0.1, -0.05) is 12.1 Å². The summed E-state index contributed by atoms with van der Waals surface area (Å²) in [5, 5.41) is 8.84. The highest BCUT2D eigenvalue weighted by atomic mass is 32.2. The summed E-state index contributed by atoms with van der Waals surface area (Å²) < 4.78 is 13.2. The number of thioether (sulfide) groups is 1. The van der Waals surface area contributed by atoms with Gasteiger partial charge in [-0.05, 0) is 44.6 Å². The predicted octanol–water partition coefficient (Wildman–Crippen LogP) is 4.25. The van der Waals surface area contributed by atoms with Gasteiger partial charge >= 0.3 is 0 Å². The van der Waals surface area contributed by atoms with Crippen LogP contribution in [-0.4, -0.2) is 5.75 Å². The summed E-state index contributed by atoms with van der Waals surface area (Å²) >= 11 is 1.51. The number of hydrogen-bond donors (Lipinski definition) is 0. The lowest BCUT2D eigenvalue weighted by atomic mass is 9.90. The third-order valence-electron chi connectivity index (χ3n) is 2.34. The van der Waals surface area contributed by atoms with Crippen LogP contribution in [0.2, 0.25) is 0 Å². The molecule has 86 valence electrons. The van der Waals surface area contributed by atoms with Gasteiger partial charge in [-0.25, -0.2) is 4.39 Å². The molecule has 0 aliphatic carbocycles. The molecule has 1 nitrogen and oxygen atoms in total. The van der Waals surface area contributed by atoms with Gasteiger partial charge < -0.3 is 0 Å². The van der Waals surface area contributed by atoms with E-state index in [1.807, 2.05) is 19.9 Å². The summed E-state index contributed by atoms with van der Waals surface area (Å²) in [4.78, 5) is 0.692. The van der Waals surface area contributed by atoms with E-state index < -0.39 is 0 Å². The number of nitrogens with zero attached hydrogens (tertiary/aromatic N) is 1. The van der Waals surface area contributed by atoms with Gasteiger partial charge in [0.2, 0.25) is 0 Å². The number of benzene rings is 1. The van der Waals surface area contributed by atoms with Crippen molar-refractivity contribution >= 4 is 11.8 Å². The molecule has 16 heavy (non-hydrogen) atoms. The lowest BCUT2D eigenvalue weighted by Crippen LogP contribution is -2.07. The van der Waals surface area contributed by atoms with Crippen molar-refractivity contribution in [3.05, 3.63) is 30.1 Å². The van der Waals surface area contributed by atoms with Crippen LogP contribution in [0.1, 0.15) is 26.7 Å². The minimum Gasteiger partial charge on any atom is -0.206 e. The van der Waals surface area contributed by atoms with Crippen LogP contribution < -0.4 is 0 Å². The topological polar surface area (TPSA) is 23.8 Å². The van der Waals surface area contributed by atoms with Gasteiger partial charge in [0, 0.05) is 4.90 Å². The van der Waals surface area contributed by atoms with Crippen LogP contribution in [-0.2, 0) is 0 Å². The van der Waals surface area contributed by atoms with Crippen LogP contribution in [0.15, 0.2) is 29.2 Å². The van der Waals surface area contributed by atoms with E-state index in [0.29, 0.717) is 4.90 Å². The Balaban J connectivity index is 2.33. The molecule has 0 bridgehead atoms. The van der Waals surface area contributed by atoms with E-state index in [4.69, 9.17) is 5.26 Å². The monoisotopic (exact) mass is 237 g/mol. The number of halogens is 1. The second-order valence-electron chi connectivity index (χ2n) is 4.38. The van der Waals surface area contributed by atoms with Crippen LogP contribution in [0.4, 0.5) is 4.39 Å². The summed E-state index contributed by atoms with van der Waals surface area (Å²) in [6.07, 6.45) is 1.78. The zero-order valence-corrected chi connectivity index (χ0v) is 10.5. The Hall–Kier alpha value is -1.01. The largest absolute Gasteiger partial charge is 0.206 e. The second-order valence-corrected chi connectivity index (χ2v) is 5.51. The molecule has 0 saturated heterocycles. The summed E-state index contributed by atoms with van der Waals surface area (Å²) in [6.45, 7) is 3.86. The van der Waals surface area contributed by atoms with Gasteiger partial charge in [-0.2, -0.15) is 5.26 Å². The quantitative estimate of drug-likeness (QED) is 0.564. The molecule has 0 saturated carbocycles. The first kappa shape index (κ1) is 13.1. The molecule has 1 aromatic carbocycles. The lowest BCUT2D eigenvalue weighted by molar-refractivity contribution is 0.447. The zero-order valence-electron chi connectivity index (χ0n) is 9.66. The summed E-state index contributed by atoms with van der Waals surface area (Å²) in [5.41, 5.74) is -0.268. The van der Waals surface area contributed by atoms with Crippen LogP contribution in [0.25, 0.3) is 0 Å². The molecular weight excluding hydrogens is 221 g/mol. The van der Waals surface area contributed by atoms with E-state index in [9.17, 15) is 4.39 Å². The number of nitriles is 1. The third kappa shape index (κ3) is 4.24. The maximum atomic E-state index is 13.2. The van der Waals surface area contributed by atoms with Crippen LogP contribution in [0.3, 0.4) is 0 Å². The van der Waals surface area contributed by atoms with E-state index in [1.54, 1.807) is 12.1 Å². The molecule has 0 aliphatic heterocycles. The molecular formula is C13H16FNS. The zero-order chi connectivity index (χ0) is 12.0. The fraction of sp³-hybridized carbons (Fsp3) is 0.462. The molecule has 0 aliphatic rings. The Morgan fingerprint density at radius 3 is 2.69 bits per heavy atom. The average molecular weight is 237 g/mol. The van der Waals surface area contributed by atoms with E-state index in [1.165, 1.54) is 17.8 Å². The Morgan fingerprint density at radius 2 is 2.06 bits per heavy atom. The highest BCUT2D eigenvalue weighted by Crippen LogP contribution is 2.26. The number of hydrogen-bond acceptors (Lipinski definition) is 2. The molecule has 0 unspecified atom stereocenters. The summed E-state index contributed by atoms with van der Waals surface area (Å²) in [6, 6.07) is 9.06. The fourth-order valence-electron chi connectivity index (χ4n) is 1.31. The Kier molecular flexibility index (Phi) is 4.82. The van der Waals surface area contributed by atoms with Crippen molar-refractivity contribution < 1.29 is 4.39 Å². The molecule has 0 amide bonds. The fourth-order valence-corrected chi connectivity index (χ4v) is 2.20. The van der Waals surface area contributed by atoms with Crippen molar-refractivity contribution in [3.8, 4) is 6.07 Å². The van der Waals surface area contributed by atoms with Gasteiger partial charge in [-0.15, -0.1) is 11.8 Å². The standard InChI is InChI=1S/C13H16FNS/c1-13(2,10-15)8-5-9-16-12-7-4-3-6-11(12)14/h3-4,6-7H,5,8-9H2,1-2H3. The minimum absolute atomic E-state index is 0.160. The second kappa shape index (κ2) is 5.91. The molecule has 0 N–H and O–H groups in total. The summed E-state index contributed by atoms with van der Waals surface area (Å²) in [7, 11) is 0.